The van der Waals surface area contributed by atoms with E-state index in [1.165, 1.54) is 5.56 Å². The molecule has 1 heterocycles. The molecule has 0 bridgehead atoms. The van der Waals surface area contributed by atoms with Gasteiger partial charge in [0.25, 0.3) is 0 Å². The number of ether oxygens (including phenoxy) is 1. The number of nitrogens with zero attached hydrogens (tertiary/aromatic N) is 2. The van der Waals surface area contributed by atoms with Crippen LogP contribution in [0, 0.1) is 0 Å². The first kappa shape index (κ1) is 16.1. The fourth-order valence-electron chi connectivity index (χ4n) is 3.84. The monoisotopic (exact) mass is 336 g/mol. The Balaban J connectivity index is 1.61. The van der Waals surface area contributed by atoms with E-state index in [4.69, 9.17) is 4.74 Å². The van der Waals surface area contributed by atoms with E-state index in [0.29, 0.717) is 12.6 Å². The van der Waals surface area contributed by atoms with Crippen LogP contribution in [-0.4, -0.2) is 28.9 Å². The number of hydrogen-bond acceptors (Lipinski definition) is 3. The largest absolute Gasteiger partial charge is 0.496 e. The smallest absolute Gasteiger partial charge is 0.232 e. The van der Waals surface area contributed by atoms with Gasteiger partial charge in [-0.25, -0.2) is 0 Å². The molecular formula is C21H24N2O2. The van der Waals surface area contributed by atoms with Crippen LogP contribution in [0.1, 0.15) is 48.4 Å². The van der Waals surface area contributed by atoms with Gasteiger partial charge < -0.3 is 9.64 Å². The Bertz CT molecular complexity index is 770. The van der Waals surface area contributed by atoms with Gasteiger partial charge in [-0.2, -0.15) is 0 Å². The number of carbonyl (C=O) groups is 1. The zero-order chi connectivity index (χ0) is 17.2. The van der Waals surface area contributed by atoms with Crippen molar-refractivity contribution in [2.24, 2.45) is 0 Å². The number of rotatable bonds is 5. The lowest BCUT2D eigenvalue weighted by atomic mass is 9.85. The van der Waals surface area contributed by atoms with Crippen LogP contribution in [0.15, 0.2) is 42.6 Å². The van der Waals surface area contributed by atoms with Crippen LogP contribution < -0.4 is 4.74 Å². The van der Waals surface area contributed by atoms with Crippen molar-refractivity contribution in [1.82, 2.24) is 9.88 Å². The highest BCUT2D eigenvalue weighted by molar-refractivity contribution is 5.84. The SMILES string of the molecule is COc1ccccc1CN(C(=O)C1CCCc2cccnc21)C1CC1. The summed E-state index contributed by atoms with van der Waals surface area (Å²) < 4.78 is 5.48. The van der Waals surface area contributed by atoms with Crippen LogP contribution in [-0.2, 0) is 17.8 Å². The van der Waals surface area contributed by atoms with Crippen LogP contribution in [0.4, 0.5) is 0 Å². The molecule has 1 atom stereocenters. The van der Waals surface area contributed by atoms with Gasteiger partial charge in [0.2, 0.25) is 5.91 Å². The quantitative estimate of drug-likeness (QED) is 0.836. The molecule has 1 fully saturated rings. The molecule has 4 rings (SSSR count). The van der Waals surface area contributed by atoms with E-state index >= 15 is 0 Å². The van der Waals surface area contributed by atoms with Crippen molar-refractivity contribution in [3.05, 3.63) is 59.4 Å². The van der Waals surface area contributed by atoms with Crippen molar-refractivity contribution in [2.45, 2.75) is 50.6 Å². The number of amides is 1. The Morgan fingerprint density at radius 1 is 1.20 bits per heavy atom. The fraction of sp³-hybridized carbons (Fsp3) is 0.429. The number of methoxy groups -OCH3 is 1. The maximum Gasteiger partial charge on any atom is 0.232 e. The Hall–Kier alpha value is -2.36. The summed E-state index contributed by atoms with van der Waals surface area (Å²) in [5.74, 6) is 0.983. The highest BCUT2D eigenvalue weighted by atomic mass is 16.5. The second-order valence-corrected chi connectivity index (χ2v) is 7.00. The first-order valence-corrected chi connectivity index (χ1v) is 9.14. The molecule has 1 amide bonds. The molecule has 2 aliphatic carbocycles. The van der Waals surface area contributed by atoms with E-state index in [0.717, 1.165) is 49.1 Å². The fourth-order valence-corrected chi connectivity index (χ4v) is 3.84. The maximum atomic E-state index is 13.4. The summed E-state index contributed by atoms with van der Waals surface area (Å²) in [4.78, 5) is 20.0. The summed E-state index contributed by atoms with van der Waals surface area (Å²) in [6.45, 7) is 0.617. The van der Waals surface area contributed by atoms with Gasteiger partial charge in [-0.1, -0.05) is 24.3 Å². The molecule has 0 spiro atoms. The standard InChI is InChI=1S/C21H24N2O2/c1-25-19-10-3-2-6-16(19)14-23(17-11-12-17)21(24)18-9-4-7-15-8-5-13-22-20(15)18/h2-3,5-6,8,10,13,17-18H,4,7,9,11-12,14H2,1H3. The summed E-state index contributed by atoms with van der Waals surface area (Å²) in [5, 5.41) is 0. The van der Waals surface area contributed by atoms with Gasteiger partial charge in [-0.15, -0.1) is 0 Å². The molecule has 4 heteroatoms. The Morgan fingerprint density at radius 3 is 2.84 bits per heavy atom. The minimum absolute atomic E-state index is 0.0970. The second-order valence-electron chi connectivity index (χ2n) is 7.00. The zero-order valence-electron chi connectivity index (χ0n) is 14.6. The van der Waals surface area contributed by atoms with Gasteiger partial charge >= 0.3 is 0 Å². The molecule has 2 aromatic rings. The molecule has 1 aromatic carbocycles. The van der Waals surface area contributed by atoms with Crippen molar-refractivity contribution < 1.29 is 9.53 Å². The third kappa shape index (κ3) is 3.26. The predicted octanol–water partition coefficient (Wildman–Crippen LogP) is 3.70. The number of benzene rings is 1. The zero-order valence-corrected chi connectivity index (χ0v) is 14.6. The van der Waals surface area contributed by atoms with Gasteiger partial charge in [0, 0.05) is 24.3 Å². The molecule has 0 N–H and O–H groups in total. The normalized spacial score (nSPS) is 19.2. The van der Waals surface area contributed by atoms with Crippen molar-refractivity contribution in [3.8, 4) is 5.75 Å². The number of carbonyl (C=O) groups excluding carboxylic acids is 1. The molecule has 2 aliphatic rings. The molecule has 4 nitrogen and oxygen atoms in total. The van der Waals surface area contributed by atoms with E-state index in [2.05, 4.69) is 22.0 Å². The summed E-state index contributed by atoms with van der Waals surface area (Å²) in [6, 6.07) is 12.4. The molecule has 0 aliphatic heterocycles. The van der Waals surface area contributed by atoms with Gasteiger partial charge in [-0.05, 0) is 49.8 Å². The number of aromatic nitrogens is 1. The summed E-state index contributed by atoms with van der Waals surface area (Å²) in [6.07, 6.45) is 7.00. The summed E-state index contributed by atoms with van der Waals surface area (Å²) in [5.41, 5.74) is 3.30. The Morgan fingerprint density at radius 2 is 2.04 bits per heavy atom. The Labute approximate surface area is 148 Å². The number of aryl methyl sites for hydroxylation is 1. The first-order valence-electron chi connectivity index (χ1n) is 9.14. The maximum absolute atomic E-state index is 13.4. The molecule has 1 unspecified atom stereocenters. The number of pyridine rings is 1. The molecule has 1 aromatic heterocycles. The second kappa shape index (κ2) is 6.87. The lowest BCUT2D eigenvalue weighted by Gasteiger charge is -2.30. The summed E-state index contributed by atoms with van der Waals surface area (Å²) in [7, 11) is 1.68. The minimum Gasteiger partial charge on any atom is -0.496 e. The van der Waals surface area contributed by atoms with Crippen LogP contribution >= 0.6 is 0 Å². The van der Waals surface area contributed by atoms with Gasteiger partial charge in [0.15, 0.2) is 0 Å². The van der Waals surface area contributed by atoms with E-state index in [-0.39, 0.29) is 11.8 Å². The Kier molecular flexibility index (Phi) is 4.43. The number of hydrogen-bond donors (Lipinski definition) is 0. The third-order valence-corrected chi connectivity index (χ3v) is 5.30. The van der Waals surface area contributed by atoms with Crippen molar-refractivity contribution >= 4 is 5.91 Å². The van der Waals surface area contributed by atoms with E-state index in [9.17, 15) is 4.79 Å². The lowest BCUT2D eigenvalue weighted by molar-refractivity contribution is -0.134. The number of para-hydroxylation sites is 1. The van der Waals surface area contributed by atoms with E-state index in [1.54, 1.807) is 7.11 Å². The van der Waals surface area contributed by atoms with Crippen molar-refractivity contribution in [3.63, 3.8) is 0 Å². The predicted molar refractivity (Wildman–Crippen MR) is 96.5 cm³/mol. The molecule has 1 saturated carbocycles. The summed E-state index contributed by atoms with van der Waals surface area (Å²) >= 11 is 0. The first-order chi connectivity index (χ1) is 12.3. The van der Waals surface area contributed by atoms with E-state index in [1.807, 2.05) is 30.5 Å². The highest BCUT2D eigenvalue weighted by Gasteiger charge is 2.38. The van der Waals surface area contributed by atoms with Gasteiger partial charge in [-0.3, -0.25) is 9.78 Å². The topological polar surface area (TPSA) is 42.4 Å². The van der Waals surface area contributed by atoms with Gasteiger partial charge in [0.1, 0.15) is 5.75 Å². The lowest BCUT2D eigenvalue weighted by Crippen LogP contribution is -2.38. The average molecular weight is 336 g/mol. The van der Waals surface area contributed by atoms with Crippen molar-refractivity contribution in [1.29, 1.82) is 0 Å². The molecular weight excluding hydrogens is 312 g/mol. The molecule has 25 heavy (non-hydrogen) atoms. The van der Waals surface area contributed by atoms with Gasteiger partial charge in [0.05, 0.1) is 18.7 Å². The van der Waals surface area contributed by atoms with Crippen LogP contribution in [0.3, 0.4) is 0 Å². The highest BCUT2D eigenvalue weighted by Crippen LogP contribution is 2.37. The number of fused-ring (bicyclic) bond motifs is 1. The van der Waals surface area contributed by atoms with Crippen LogP contribution in [0.5, 0.6) is 5.75 Å². The minimum atomic E-state index is -0.0970. The molecule has 0 radical (unpaired) electrons. The average Bonchev–Trinajstić information content (AvgIpc) is 3.50. The third-order valence-electron chi connectivity index (χ3n) is 5.30. The molecule has 0 saturated heterocycles. The van der Waals surface area contributed by atoms with E-state index < -0.39 is 0 Å². The van der Waals surface area contributed by atoms with Crippen molar-refractivity contribution in [2.75, 3.05) is 7.11 Å². The van der Waals surface area contributed by atoms with Crippen LogP contribution in [0.25, 0.3) is 0 Å². The van der Waals surface area contributed by atoms with Crippen LogP contribution in [0.2, 0.25) is 0 Å². The molecule has 130 valence electrons.